The Morgan fingerprint density at radius 3 is 1.94 bits per heavy atom. The van der Waals surface area contributed by atoms with Crippen molar-refractivity contribution in [3.05, 3.63) is 0 Å². The van der Waals surface area contributed by atoms with E-state index in [9.17, 15) is 16.8 Å². The molecular formula is C10H21NO4S2. The molecule has 0 aromatic carbocycles. The van der Waals surface area contributed by atoms with Crippen molar-refractivity contribution in [3.8, 4) is 0 Å². The summed E-state index contributed by atoms with van der Waals surface area (Å²) in [7, 11) is -6.60. The fourth-order valence-corrected chi connectivity index (χ4v) is 5.08. The second-order valence-electron chi connectivity index (χ2n) is 5.57. The van der Waals surface area contributed by atoms with Crippen LogP contribution in [0.15, 0.2) is 0 Å². The van der Waals surface area contributed by atoms with Crippen molar-refractivity contribution in [1.29, 1.82) is 0 Å². The van der Waals surface area contributed by atoms with Gasteiger partial charge in [0.05, 0.1) is 22.0 Å². The van der Waals surface area contributed by atoms with Gasteiger partial charge in [0, 0.05) is 13.1 Å². The van der Waals surface area contributed by atoms with Crippen molar-refractivity contribution in [3.63, 3.8) is 0 Å². The molecule has 5 nitrogen and oxygen atoms in total. The van der Waals surface area contributed by atoms with Crippen LogP contribution in [0.1, 0.15) is 20.8 Å². The SMILES string of the molecule is CC(C)(C)S(=O)(=O)CCS(=O)(=O)CC1CNC1. The van der Waals surface area contributed by atoms with Crippen LogP contribution in [0.5, 0.6) is 0 Å². The van der Waals surface area contributed by atoms with Crippen LogP contribution in [-0.4, -0.2) is 51.9 Å². The van der Waals surface area contributed by atoms with Crippen LogP contribution in [0.3, 0.4) is 0 Å². The van der Waals surface area contributed by atoms with E-state index >= 15 is 0 Å². The molecule has 1 saturated heterocycles. The molecule has 1 rings (SSSR count). The molecule has 17 heavy (non-hydrogen) atoms. The molecule has 1 aliphatic rings. The third kappa shape index (κ3) is 4.22. The van der Waals surface area contributed by atoms with Crippen LogP contribution in [0.2, 0.25) is 0 Å². The molecule has 0 aromatic heterocycles. The van der Waals surface area contributed by atoms with Crippen molar-refractivity contribution in [2.24, 2.45) is 5.92 Å². The Hall–Kier alpha value is -0.140. The molecule has 7 heteroatoms. The van der Waals surface area contributed by atoms with Crippen molar-refractivity contribution in [2.75, 3.05) is 30.3 Å². The summed E-state index contributed by atoms with van der Waals surface area (Å²) in [5, 5.41) is 3.00. The highest BCUT2D eigenvalue weighted by atomic mass is 32.2. The molecule has 0 radical (unpaired) electrons. The van der Waals surface area contributed by atoms with Gasteiger partial charge in [0.1, 0.15) is 0 Å². The summed E-state index contributed by atoms with van der Waals surface area (Å²) in [4.78, 5) is 0. The van der Waals surface area contributed by atoms with E-state index in [1.807, 2.05) is 0 Å². The summed E-state index contributed by atoms with van der Waals surface area (Å²) < 4.78 is 46.1. The Kier molecular flexibility index (Phi) is 4.26. The van der Waals surface area contributed by atoms with E-state index < -0.39 is 24.4 Å². The summed E-state index contributed by atoms with van der Waals surface area (Å²) in [6.45, 7) is 6.19. The molecule has 0 saturated carbocycles. The predicted molar refractivity (Wildman–Crippen MR) is 68.6 cm³/mol. The number of rotatable bonds is 5. The zero-order valence-electron chi connectivity index (χ0n) is 10.6. The van der Waals surface area contributed by atoms with E-state index in [0.717, 1.165) is 0 Å². The zero-order valence-corrected chi connectivity index (χ0v) is 12.2. The number of nitrogens with one attached hydrogen (secondary N) is 1. The molecule has 1 aliphatic heterocycles. The van der Waals surface area contributed by atoms with Crippen LogP contribution in [0.25, 0.3) is 0 Å². The highest BCUT2D eigenvalue weighted by molar-refractivity contribution is 7.95. The maximum absolute atomic E-state index is 11.8. The van der Waals surface area contributed by atoms with E-state index in [-0.39, 0.29) is 23.2 Å². The fraction of sp³-hybridized carbons (Fsp3) is 1.00. The first-order valence-electron chi connectivity index (χ1n) is 5.67. The third-order valence-corrected chi connectivity index (χ3v) is 7.62. The summed E-state index contributed by atoms with van der Waals surface area (Å²) in [5.74, 6) is -0.292. The van der Waals surface area contributed by atoms with Gasteiger partial charge in [-0.1, -0.05) is 0 Å². The topological polar surface area (TPSA) is 80.3 Å². The first-order chi connectivity index (χ1) is 7.54. The van der Waals surface area contributed by atoms with Gasteiger partial charge in [0.2, 0.25) is 0 Å². The molecule has 0 aromatic rings. The quantitative estimate of drug-likeness (QED) is 0.758. The minimum atomic E-state index is -3.35. The first-order valence-corrected chi connectivity index (χ1v) is 9.14. The lowest BCUT2D eigenvalue weighted by molar-refractivity contribution is 0.378. The summed E-state index contributed by atoms with van der Waals surface area (Å²) >= 11 is 0. The molecule has 0 bridgehead atoms. The Balaban J connectivity index is 2.55. The van der Waals surface area contributed by atoms with Gasteiger partial charge in [-0.25, -0.2) is 16.8 Å². The Labute approximate surface area is 104 Å². The average Bonchev–Trinajstić information content (AvgIpc) is 2.07. The van der Waals surface area contributed by atoms with Crippen LogP contribution >= 0.6 is 0 Å². The molecule has 102 valence electrons. The van der Waals surface area contributed by atoms with Crippen molar-refractivity contribution >= 4 is 19.7 Å². The lowest BCUT2D eigenvalue weighted by atomic mass is 10.1. The number of sulfone groups is 2. The Morgan fingerprint density at radius 1 is 1.06 bits per heavy atom. The van der Waals surface area contributed by atoms with Crippen LogP contribution in [0.4, 0.5) is 0 Å². The minimum Gasteiger partial charge on any atom is -0.316 e. The lowest BCUT2D eigenvalue weighted by Crippen LogP contribution is -2.46. The second kappa shape index (κ2) is 4.85. The molecule has 0 unspecified atom stereocenters. The van der Waals surface area contributed by atoms with Crippen LogP contribution in [-0.2, 0) is 19.7 Å². The monoisotopic (exact) mass is 283 g/mol. The summed E-state index contributed by atoms with van der Waals surface area (Å²) in [6.07, 6.45) is 0. The summed E-state index contributed by atoms with van der Waals surface area (Å²) in [5.41, 5.74) is 0. The molecule has 1 heterocycles. The van der Waals surface area contributed by atoms with Gasteiger partial charge < -0.3 is 5.32 Å². The van der Waals surface area contributed by atoms with Gasteiger partial charge in [-0.05, 0) is 26.7 Å². The fourth-order valence-electron chi connectivity index (χ4n) is 1.45. The number of hydrogen-bond donors (Lipinski definition) is 1. The standard InChI is InChI=1S/C10H21NO4S2/c1-10(2,3)17(14,15)5-4-16(12,13)8-9-6-11-7-9/h9,11H,4-8H2,1-3H3. The lowest BCUT2D eigenvalue weighted by Gasteiger charge is -2.26. The van der Waals surface area contributed by atoms with Gasteiger partial charge >= 0.3 is 0 Å². The molecule has 0 atom stereocenters. The van der Waals surface area contributed by atoms with Crippen molar-refractivity contribution in [1.82, 2.24) is 5.32 Å². The zero-order chi connectivity index (χ0) is 13.3. The minimum absolute atomic E-state index is 0.0969. The summed E-state index contributed by atoms with van der Waals surface area (Å²) in [6, 6.07) is 0. The normalized spacial score (nSPS) is 19.0. The molecule has 1 N–H and O–H groups in total. The maximum atomic E-state index is 11.8. The average molecular weight is 283 g/mol. The van der Waals surface area contributed by atoms with Gasteiger partial charge in [-0.15, -0.1) is 0 Å². The Morgan fingerprint density at radius 2 is 1.59 bits per heavy atom. The van der Waals surface area contributed by atoms with Gasteiger partial charge in [0.15, 0.2) is 19.7 Å². The van der Waals surface area contributed by atoms with Crippen LogP contribution in [0, 0.1) is 5.92 Å². The van der Waals surface area contributed by atoms with Crippen molar-refractivity contribution in [2.45, 2.75) is 25.5 Å². The maximum Gasteiger partial charge on any atom is 0.156 e. The van der Waals surface area contributed by atoms with Crippen molar-refractivity contribution < 1.29 is 16.8 Å². The molecular weight excluding hydrogens is 262 g/mol. The van der Waals surface area contributed by atoms with E-state index in [2.05, 4.69) is 5.32 Å². The number of hydrogen-bond acceptors (Lipinski definition) is 5. The molecule has 0 amide bonds. The van der Waals surface area contributed by atoms with Crippen LogP contribution < -0.4 is 5.32 Å². The molecule has 0 aliphatic carbocycles. The molecule has 1 fully saturated rings. The van der Waals surface area contributed by atoms with Gasteiger partial charge in [-0.2, -0.15) is 0 Å². The molecule has 0 spiro atoms. The smallest absolute Gasteiger partial charge is 0.156 e. The van der Waals surface area contributed by atoms with E-state index in [1.54, 1.807) is 20.8 Å². The largest absolute Gasteiger partial charge is 0.316 e. The van der Waals surface area contributed by atoms with E-state index in [1.165, 1.54) is 0 Å². The Bertz CT molecular complexity index is 455. The first kappa shape index (κ1) is 14.9. The highest BCUT2D eigenvalue weighted by Crippen LogP contribution is 2.17. The highest BCUT2D eigenvalue weighted by Gasteiger charge is 2.31. The predicted octanol–water partition coefficient (Wildman–Crippen LogP) is -0.166. The van der Waals surface area contributed by atoms with E-state index in [4.69, 9.17) is 0 Å². The van der Waals surface area contributed by atoms with Gasteiger partial charge in [0.25, 0.3) is 0 Å². The van der Waals surface area contributed by atoms with E-state index in [0.29, 0.717) is 13.1 Å². The second-order valence-corrected chi connectivity index (χ2v) is 10.7. The third-order valence-electron chi connectivity index (χ3n) is 2.95. The van der Waals surface area contributed by atoms with Gasteiger partial charge in [-0.3, -0.25) is 0 Å².